The molecule has 0 saturated carbocycles. The molecule has 1 atom stereocenters. The van der Waals surface area contributed by atoms with E-state index in [0.29, 0.717) is 0 Å². The van der Waals surface area contributed by atoms with E-state index >= 15 is 0 Å². The molecule has 1 aromatic rings. The first-order valence-corrected chi connectivity index (χ1v) is 6.95. The Bertz CT molecular complexity index is 397. The van der Waals surface area contributed by atoms with Gasteiger partial charge in [0.2, 0.25) is 5.91 Å². The number of hydrogen-bond donors (Lipinski definition) is 2. The van der Waals surface area contributed by atoms with E-state index in [1.54, 1.807) is 0 Å². The fourth-order valence-electron chi connectivity index (χ4n) is 2.35. The van der Waals surface area contributed by atoms with E-state index < -0.39 is 0 Å². The quantitative estimate of drug-likeness (QED) is 0.856. The zero-order chi connectivity index (χ0) is 13.5. The molecule has 19 heavy (non-hydrogen) atoms. The van der Waals surface area contributed by atoms with Gasteiger partial charge in [0.15, 0.2) is 0 Å². The third-order valence-electron chi connectivity index (χ3n) is 3.37. The molecule has 2 rings (SSSR count). The Labute approximate surface area is 114 Å². The van der Waals surface area contributed by atoms with E-state index in [0.717, 1.165) is 43.5 Å². The average molecular weight is 262 g/mol. The fourth-order valence-corrected chi connectivity index (χ4v) is 2.35. The summed E-state index contributed by atoms with van der Waals surface area (Å²) in [6.45, 7) is 4.53. The minimum Gasteiger partial charge on any atom is -0.494 e. The number of anilines is 1. The molecule has 104 valence electrons. The van der Waals surface area contributed by atoms with E-state index in [1.807, 2.05) is 24.3 Å². The van der Waals surface area contributed by atoms with Crippen LogP contribution >= 0.6 is 0 Å². The van der Waals surface area contributed by atoms with Crippen LogP contribution < -0.4 is 15.4 Å². The van der Waals surface area contributed by atoms with Gasteiger partial charge < -0.3 is 15.4 Å². The van der Waals surface area contributed by atoms with Gasteiger partial charge in [-0.1, -0.05) is 0 Å². The minimum absolute atomic E-state index is 0.0570. The second-order valence-electron chi connectivity index (χ2n) is 5.06. The highest BCUT2D eigenvalue weighted by Gasteiger charge is 2.12. The van der Waals surface area contributed by atoms with Crippen LogP contribution in [0.25, 0.3) is 0 Å². The Morgan fingerprint density at radius 1 is 1.42 bits per heavy atom. The molecule has 1 aliphatic heterocycles. The average Bonchev–Trinajstić information content (AvgIpc) is 2.41. The first-order chi connectivity index (χ1) is 9.24. The monoisotopic (exact) mass is 262 g/mol. The molecule has 1 heterocycles. The van der Waals surface area contributed by atoms with Crippen LogP contribution in [0.1, 0.15) is 26.2 Å². The number of carbonyl (C=O) groups is 1. The maximum atomic E-state index is 10.9. The van der Waals surface area contributed by atoms with Gasteiger partial charge in [-0.15, -0.1) is 0 Å². The van der Waals surface area contributed by atoms with Crippen LogP contribution in [0.4, 0.5) is 5.69 Å². The first kappa shape index (κ1) is 13.9. The van der Waals surface area contributed by atoms with E-state index in [4.69, 9.17) is 4.74 Å². The molecule has 1 aliphatic rings. The van der Waals surface area contributed by atoms with Crippen molar-refractivity contribution < 1.29 is 9.53 Å². The van der Waals surface area contributed by atoms with Crippen LogP contribution in [0, 0.1) is 5.92 Å². The number of rotatable bonds is 5. The first-order valence-electron chi connectivity index (χ1n) is 6.95. The SMILES string of the molecule is CC(=O)Nc1ccc(OCC[C@@H]2CCCNC2)cc1. The molecule has 1 saturated heterocycles. The normalized spacial score (nSPS) is 18.9. The zero-order valence-corrected chi connectivity index (χ0v) is 11.4. The second-order valence-corrected chi connectivity index (χ2v) is 5.06. The van der Waals surface area contributed by atoms with Crippen molar-refractivity contribution in [3.05, 3.63) is 24.3 Å². The van der Waals surface area contributed by atoms with Crippen molar-refractivity contribution in [1.29, 1.82) is 0 Å². The van der Waals surface area contributed by atoms with Gasteiger partial charge in [0.1, 0.15) is 5.75 Å². The highest BCUT2D eigenvalue weighted by atomic mass is 16.5. The topological polar surface area (TPSA) is 50.4 Å². The Balaban J connectivity index is 1.71. The van der Waals surface area contributed by atoms with Crippen molar-refractivity contribution in [2.24, 2.45) is 5.92 Å². The molecule has 4 nitrogen and oxygen atoms in total. The van der Waals surface area contributed by atoms with Crippen molar-refractivity contribution in [3.8, 4) is 5.75 Å². The summed E-state index contributed by atoms with van der Waals surface area (Å²) < 4.78 is 5.73. The van der Waals surface area contributed by atoms with E-state index in [-0.39, 0.29) is 5.91 Å². The summed E-state index contributed by atoms with van der Waals surface area (Å²) in [7, 11) is 0. The molecule has 0 spiro atoms. The maximum Gasteiger partial charge on any atom is 0.221 e. The molecule has 0 unspecified atom stereocenters. The number of ether oxygens (including phenoxy) is 1. The molecule has 2 N–H and O–H groups in total. The van der Waals surface area contributed by atoms with Crippen molar-refractivity contribution >= 4 is 11.6 Å². The highest BCUT2D eigenvalue weighted by Crippen LogP contribution is 2.18. The van der Waals surface area contributed by atoms with Gasteiger partial charge in [0.25, 0.3) is 0 Å². The number of carbonyl (C=O) groups excluding carboxylic acids is 1. The summed E-state index contributed by atoms with van der Waals surface area (Å²) in [5.74, 6) is 1.55. The molecule has 0 aliphatic carbocycles. The summed E-state index contributed by atoms with van der Waals surface area (Å²) in [4.78, 5) is 10.9. The van der Waals surface area contributed by atoms with Gasteiger partial charge >= 0.3 is 0 Å². The minimum atomic E-state index is -0.0570. The van der Waals surface area contributed by atoms with Crippen LogP contribution in [-0.2, 0) is 4.79 Å². The van der Waals surface area contributed by atoms with E-state index in [1.165, 1.54) is 19.8 Å². The van der Waals surface area contributed by atoms with Crippen LogP contribution in [0.15, 0.2) is 24.3 Å². The zero-order valence-electron chi connectivity index (χ0n) is 11.4. The largest absolute Gasteiger partial charge is 0.494 e. The van der Waals surface area contributed by atoms with Gasteiger partial charge in [-0.3, -0.25) is 4.79 Å². The van der Waals surface area contributed by atoms with Crippen LogP contribution in [-0.4, -0.2) is 25.6 Å². The summed E-state index contributed by atoms with van der Waals surface area (Å²) in [5.41, 5.74) is 0.802. The summed E-state index contributed by atoms with van der Waals surface area (Å²) >= 11 is 0. The van der Waals surface area contributed by atoms with Crippen LogP contribution in [0.2, 0.25) is 0 Å². The van der Waals surface area contributed by atoms with Gasteiger partial charge in [0.05, 0.1) is 6.61 Å². The van der Waals surface area contributed by atoms with E-state index in [2.05, 4.69) is 10.6 Å². The summed E-state index contributed by atoms with van der Waals surface area (Å²) in [6, 6.07) is 7.51. The summed E-state index contributed by atoms with van der Waals surface area (Å²) in [6.07, 6.45) is 3.67. The third-order valence-corrected chi connectivity index (χ3v) is 3.37. The Hall–Kier alpha value is -1.55. The molecular weight excluding hydrogens is 240 g/mol. The van der Waals surface area contributed by atoms with Gasteiger partial charge in [-0.2, -0.15) is 0 Å². The fraction of sp³-hybridized carbons (Fsp3) is 0.533. The Morgan fingerprint density at radius 2 is 2.21 bits per heavy atom. The number of benzene rings is 1. The highest BCUT2D eigenvalue weighted by molar-refractivity contribution is 5.88. The lowest BCUT2D eigenvalue weighted by Gasteiger charge is -2.22. The van der Waals surface area contributed by atoms with Crippen molar-refractivity contribution in [2.75, 3.05) is 25.0 Å². The Morgan fingerprint density at radius 3 is 2.84 bits per heavy atom. The molecule has 1 amide bonds. The summed E-state index contributed by atoms with van der Waals surface area (Å²) in [5, 5.41) is 6.15. The Kier molecular flexibility index (Phi) is 5.21. The van der Waals surface area contributed by atoms with Crippen LogP contribution in [0.3, 0.4) is 0 Å². The third kappa shape index (κ3) is 4.91. The number of nitrogens with one attached hydrogen (secondary N) is 2. The van der Waals surface area contributed by atoms with Crippen molar-refractivity contribution in [2.45, 2.75) is 26.2 Å². The molecule has 1 aromatic carbocycles. The maximum absolute atomic E-state index is 10.9. The van der Waals surface area contributed by atoms with Gasteiger partial charge in [-0.05, 0) is 62.5 Å². The van der Waals surface area contributed by atoms with Crippen LogP contribution in [0.5, 0.6) is 5.75 Å². The van der Waals surface area contributed by atoms with Crippen molar-refractivity contribution in [1.82, 2.24) is 5.32 Å². The van der Waals surface area contributed by atoms with Gasteiger partial charge in [-0.25, -0.2) is 0 Å². The van der Waals surface area contributed by atoms with Gasteiger partial charge in [0, 0.05) is 12.6 Å². The molecule has 4 heteroatoms. The number of hydrogen-bond acceptors (Lipinski definition) is 3. The molecule has 1 fully saturated rings. The number of piperidine rings is 1. The van der Waals surface area contributed by atoms with Crippen molar-refractivity contribution in [3.63, 3.8) is 0 Å². The lowest BCUT2D eigenvalue weighted by Crippen LogP contribution is -2.30. The smallest absolute Gasteiger partial charge is 0.221 e. The molecule has 0 bridgehead atoms. The standard InChI is InChI=1S/C15H22N2O2/c1-12(18)17-14-4-6-15(7-5-14)19-10-8-13-3-2-9-16-11-13/h4-7,13,16H,2-3,8-11H2,1H3,(H,17,18)/t13-/m0/s1. The van der Waals surface area contributed by atoms with E-state index in [9.17, 15) is 4.79 Å². The predicted molar refractivity (Wildman–Crippen MR) is 76.5 cm³/mol. The lowest BCUT2D eigenvalue weighted by atomic mass is 9.97. The molecular formula is C15H22N2O2. The molecule has 0 aromatic heterocycles. The number of amides is 1. The predicted octanol–water partition coefficient (Wildman–Crippen LogP) is 2.41. The lowest BCUT2D eigenvalue weighted by molar-refractivity contribution is -0.114. The second kappa shape index (κ2) is 7.14. The molecule has 0 radical (unpaired) electrons.